The van der Waals surface area contributed by atoms with E-state index in [9.17, 15) is 9.18 Å². The third kappa shape index (κ3) is 4.74. The van der Waals surface area contributed by atoms with Gasteiger partial charge in [-0.2, -0.15) is 0 Å². The molecule has 4 rings (SSSR count). The topological polar surface area (TPSA) is 60.7 Å². The molecule has 0 bridgehead atoms. The Hall–Kier alpha value is -2.64. The minimum atomic E-state index is -0.506. The van der Waals surface area contributed by atoms with E-state index >= 15 is 0 Å². The second-order valence-electron chi connectivity index (χ2n) is 7.16. The molecule has 0 saturated carbocycles. The fourth-order valence-electron chi connectivity index (χ4n) is 3.52. The van der Waals surface area contributed by atoms with E-state index in [1.54, 1.807) is 24.3 Å². The average molecular weight is 474 g/mol. The van der Waals surface area contributed by atoms with Gasteiger partial charge in [0.15, 0.2) is 5.76 Å². The van der Waals surface area contributed by atoms with Crippen LogP contribution in [0.5, 0.6) is 5.75 Å². The number of rotatable bonds is 6. The van der Waals surface area contributed by atoms with E-state index in [1.807, 2.05) is 24.3 Å². The molecule has 1 amide bonds. The monoisotopic (exact) mass is 473 g/mol. The molecule has 30 heavy (non-hydrogen) atoms. The first-order chi connectivity index (χ1) is 14.5. The van der Waals surface area contributed by atoms with Crippen LogP contribution in [-0.2, 0) is 16.9 Å². The molecule has 2 heterocycles. The van der Waals surface area contributed by atoms with Crippen molar-refractivity contribution >= 4 is 21.8 Å². The summed E-state index contributed by atoms with van der Waals surface area (Å²) in [5, 5.41) is 3.17. The van der Waals surface area contributed by atoms with Crippen molar-refractivity contribution in [1.29, 1.82) is 0 Å². The minimum Gasteiger partial charge on any atom is -0.486 e. The van der Waals surface area contributed by atoms with E-state index < -0.39 is 5.54 Å². The highest BCUT2D eigenvalue weighted by Gasteiger charge is 2.36. The molecule has 0 aliphatic carbocycles. The highest BCUT2D eigenvalue weighted by Crippen LogP contribution is 2.33. The van der Waals surface area contributed by atoms with Gasteiger partial charge in [0.2, 0.25) is 0 Å². The second-order valence-corrected chi connectivity index (χ2v) is 8.08. The van der Waals surface area contributed by atoms with Crippen LogP contribution >= 0.6 is 15.9 Å². The molecule has 3 aromatic rings. The van der Waals surface area contributed by atoms with Crippen LogP contribution in [0.25, 0.3) is 0 Å². The summed E-state index contributed by atoms with van der Waals surface area (Å²) in [6, 6.07) is 17.0. The molecule has 2 aromatic carbocycles. The van der Waals surface area contributed by atoms with Crippen molar-refractivity contribution in [3.8, 4) is 5.75 Å². The molecule has 156 valence electrons. The van der Waals surface area contributed by atoms with E-state index in [2.05, 4.69) is 21.2 Å². The number of furan rings is 1. The lowest BCUT2D eigenvalue weighted by Gasteiger charge is -2.38. The van der Waals surface area contributed by atoms with Crippen molar-refractivity contribution in [2.24, 2.45) is 0 Å². The molecular formula is C23H21BrFNO4. The van der Waals surface area contributed by atoms with Gasteiger partial charge in [0.1, 0.15) is 23.9 Å². The molecule has 1 aromatic heterocycles. The number of halogens is 2. The van der Waals surface area contributed by atoms with Crippen molar-refractivity contribution in [2.45, 2.75) is 25.0 Å². The van der Waals surface area contributed by atoms with Gasteiger partial charge in [-0.05, 0) is 66.9 Å². The first kappa shape index (κ1) is 20.6. The Morgan fingerprint density at radius 2 is 1.73 bits per heavy atom. The summed E-state index contributed by atoms with van der Waals surface area (Å²) in [4.78, 5) is 12.9. The number of hydrogen-bond acceptors (Lipinski definition) is 4. The van der Waals surface area contributed by atoms with Gasteiger partial charge in [0, 0.05) is 17.7 Å². The maximum Gasteiger partial charge on any atom is 0.287 e. The summed E-state index contributed by atoms with van der Waals surface area (Å²) in [7, 11) is 0. The first-order valence-electron chi connectivity index (χ1n) is 9.67. The first-order valence-corrected chi connectivity index (χ1v) is 10.5. The zero-order chi connectivity index (χ0) is 21.0. The van der Waals surface area contributed by atoms with Crippen LogP contribution in [0.15, 0.2) is 69.6 Å². The fourth-order valence-corrected chi connectivity index (χ4v) is 3.78. The molecule has 5 nitrogen and oxygen atoms in total. The largest absolute Gasteiger partial charge is 0.486 e. The lowest BCUT2D eigenvalue weighted by Crippen LogP contribution is -2.49. The van der Waals surface area contributed by atoms with Crippen LogP contribution in [0.2, 0.25) is 0 Å². The standard InChI is InChI=1S/C23H21BrFNO4/c24-17-3-1-16(2-4-17)23(11-13-28-14-12-23)26-22(27)21-10-9-20(30-21)15-29-19-7-5-18(25)6-8-19/h1-10H,11-15H2,(H,26,27). The summed E-state index contributed by atoms with van der Waals surface area (Å²) >= 11 is 3.46. The Kier molecular flexibility index (Phi) is 6.20. The summed E-state index contributed by atoms with van der Waals surface area (Å²) in [5.74, 6) is 0.639. The number of benzene rings is 2. The zero-order valence-electron chi connectivity index (χ0n) is 16.2. The normalized spacial score (nSPS) is 15.5. The molecule has 0 spiro atoms. The molecule has 1 N–H and O–H groups in total. The Morgan fingerprint density at radius 3 is 2.43 bits per heavy atom. The maximum atomic E-state index is 13.0. The van der Waals surface area contributed by atoms with E-state index in [0.29, 0.717) is 37.6 Å². The molecule has 7 heteroatoms. The van der Waals surface area contributed by atoms with Gasteiger partial charge in [-0.1, -0.05) is 28.1 Å². The summed E-state index contributed by atoms with van der Waals surface area (Å²) in [6.45, 7) is 1.29. The quantitative estimate of drug-likeness (QED) is 0.534. The number of carbonyl (C=O) groups is 1. The van der Waals surface area contributed by atoms with Gasteiger partial charge in [-0.3, -0.25) is 4.79 Å². The predicted octanol–water partition coefficient (Wildman–Crippen LogP) is 5.20. The number of carbonyl (C=O) groups excluding carboxylic acids is 1. The smallest absolute Gasteiger partial charge is 0.287 e. The third-order valence-corrected chi connectivity index (χ3v) is 5.70. The van der Waals surface area contributed by atoms with Crippen LogP contribution < -0.4 is 10.1 Å². The molecule has 1 saturated heterocycles. The lowest BCUT2D eigenvalue weighted by atomic mass is 9.82. The predicted molar refractivity (Wildman–Crippen MR) is 113 cm³/mol. The SMILES string of the molecule is O=C(NC1(c2ccc(Br)cc2)CCOCC1)c1ccc(COc2ccc(F)cc2)o1. The molecule has 1 fully saturated rings. The summed E-state index contributed by atoms with van der Waals surface area (Å²) in [5.41, 5.74) is 0.530. The van der Waals surface area contributed by atoms with Crippen LogP contribution in [0.3, 0.4) is 0 Å². The second kappa shape index (κ2) is 9.02. The Morgan fingerprint density at radius 1 is 1.03 bits per heavy atom. The van der Waals surface area contributed by atoms with Gasteiger partial charge >= 0.3 is 0 Å². The van der Waals surface area contributed by atoms with Crippen LogP contribution in [0.4, 0.5) is 4.39 Å². The lowest BCUT2D eigenvalue weighted by molar-refractivity contribution is 0.0337. The number of hydrogen-bond donors (Lipinski definition) is 1. The minimum absolute atomic E-state index is 0.143. The fraction of sp³-hybridized carbons (Fsp3) is 0.261. The van der Waals surface area contributed by atoms with E-state index in [4.69, 9.17) is 13.9 Å². The van der Waals surface area contributed by atoms with Crippen LogP contribution in [0.1, 0.15) is 34.7 Å². The maximum absolute atomic E-state index is 13.0. The molecule has 0 radical (unpaired) electrons. The molecule has 1 aliphatic heterocycles. The van der Waals surface area contributed by atoms with Crippen molar-refractivity contribution in [3.63, 3.8) is 0 Å². The highest BCUT2D eigenvalue weighted by atomic mass is 79.9. The summed E-state index contributed by atoms with van der Waals surface area (Å²) in [6.07, 6.45) is 1.36. The van der Waals surface area contributed by atoms with Crippen LogP contribution in [-0.4, -0.2) is 19.1 Å². The molecule has 1 aliphatic rings. The Bertz CT molecular complexity index is 995. The van der Waals surface area contributed by atoms with Crippen molar-refractivity contribution < 1.29 is 23.1 Å². The Balaban J connectivity index is 1.45. The van der Waals surface area contributed by atoms with E-state index in [1.165, 1.54) is 12.1 Å². The average Bonchev–Trinajstić information content (AvgIpc) is 3.24. The van der Waals surface area contributed by atoms with Gasteiger partial charge in [0.05, 0.1) is 5.54 Å². The highest BCUT2D eigenvalue weighted by molar-refractivity contribution is 9.10. The van der Waals surface area contributed by atoms with E-state index in [0.717, 1.165) is 10.0 Å². The zero-order valence-corrected chi connectivity index (χ0v) is 17.8. The molecule has 0 atom stereocenters. The van der Waals surface area contributed by atoms with Gasteiger partial charge in [0.25, 0.3) is 5.91 Å². The van der Waals surface area contributed by atoms with Gasteiger partial charge in [-0.15, -0.1) is 0 Å². The number of ether oxygens (including phenoxy) is 2. The number of nitrogens with one attached hydrogen (secondary N) is 1. The molecule has 0 unspecified atom stereocenters. The summed E-state index contributed by atoms with van der Waals surface area (Å²) < 4.78 is 30.7. The van der Waals surface area contributed by atoms with Gasteiger partial charge < -0.3 is 19.2 Å². The van der Waals surface area contributed by atoms with Crippen molar-refractivity contribution in [1.82, 2.24) is 5.32 Å². The third-order valence-electron chi connectivity index (χ3n) is 5.18. The van der Waals surface area contributed by atoms with Crippen LogP contribution in [0, 0.1) is 5.82 Å². The van der Waals surface area contributed by atoms with Crippen molar-refractivity contribution in [3.05, 3.63) is 88.0 Å². The number of amides is 1. The Labute approximate surface area is 182 Å². The van der Waals surface area contributed by atoms with E-state index in [-0.39, 0.29) is 24.1 Å². The van der Waals surface area contributed by atoms with Gasteiger partial charge in [-0.25, -0.2) is 4.39 Å². The molecular weight excluding hydrogens is 453 g/mol. The van der Waals surface area contributed by atoms with Crippen molar-refractivity contribution in [2.75, 3.05) is 13.2 Å².